The summed E-state index contributed by atoms with van der Waals surface area (Å²) in [6, 6.07) is 0.486. The predicted molar refractivity (Wildman–Crippen MR) is 58.1 cm³/mol. The summed E-state index contributed by atoms with van der Waals surface area (Å²) in [5.74, 6) is 0.891. The van der Waals surface area contributed by atoms with Crippen LogP contribution < -0.4 is 5.32 Å². The molecule has 0 saturated carbocycles. The summed E-state index contributed by atoms with van der Waals surface area (Å²) in [7, 11) is 0. The third-order valence-electron chi connectivity index (χ3n) is 1.31. The van der Waals surface area contributed by atoms with Crippen LogP contribution in [0.15, 0.2) is 12.7 Å². The second kappa shape index (κ2) is 6.68. The van der Waals surface area contributed by atoms with Crippen molar-refractivity contribution in [2.75, 3.05) is 5.75 Å². The van der Waals surface area contributed by atoms with Crippen LogP contribution in [0.3, 0.4) is 0 Å². The molecule has 0 rings (SSSR count). The molecule has 0 saturated heterocycles. The fourth-order valence-electron chi connectivity index (χ4n) is 0.480. The van der Waals surface area contributed by atoms with Crippen LogP contribution in [-0.4, -0.2) is 16.1 Å². The topological polar surface area (TPSA) is 12.0 Å². The fraction of sp³-hybridized carbons (Fsp3) is 0.625. The molecule has 1 unspecified atom stereocenters. The number of rotatable bonds is 4. The van der Waals surface area contributed by atoms with E-state index in [2.05, 4.69) is 25.7 Å². The van der Waals surface area contributed by atoms with Crippen LogP contribution >= 0.6 is 24.0 Å². The van der Waals surface area contributed by atoms with Gasteiger partial charge in [0.1, 0.15) is 4.32 Å². The average molecular weight is 189 g/mol. The number of thiocarbonyl (C=S) groups is 1. The number of nitrogens with one attached hydrogen (secondary N) is 1. The van der Waals surface area contributed by atoms with Crippen molar-refractivity contribution in [1.29, 1.82) is 0 Å². The van der Waals surface area contributed by atoms with Crippen molar-refractivity contribution in [3.8, 4) is 0 Å². The molecule has 1 atom stereocenters. The molecule has 0 aliphatic carbocycles. The van der Waals surface area contributed by atoms with Gasteiger partial charge in [-0.2, -0.15) is 0 Å². The van der Waals surface area contributed by atoms with Gasteiger partial charge in [0.2, 0.25) is 0 Å². The van der Waals surface area contributed by atoms with Gasteiger partial charge in [0, 0.05) is 11.8 Å². The molecule has 0 amide bonds. The second-order valence-corrected chi connectivity index (χ2v) is 4.04. The molecule has 0 aromatic rings. The third-order valence-corrected chi connectivity index (χ3v) is 2.56. The summed E-state index contributed by atoms with van der Waals surface area (Å²) >= 11 is 6.69. The Morgan fingerprint density at radius 3 is 2.91 bits per heavy atom. The van der Waals surface area contributed by atoms with E-state index in [9.17, 15) is 0 Å². The van der Waals surface area contributed by atoms with Crippen LogP contribution in [-0.2, 0) is 0 Å². The molecule has 0 heterocycles. The SMILES string of the molecule is C=CCSC(=S)NC(C)CC. The minimum Gasteiger partial charge on any atom is -0.369 e. The molecule has 0 fully saturated rings. The summed E-state index contributed by atoms with van der Waals surface area (Å²) in [5, 5.41) is 3.21. The van der Waals surface area contributed by atoms with Gasteiger partial charge in [-0.25, -0.2) is 0 Å². The van der Waals surface area contributed by atoms with Gasteiger partial charge in [0.25, 0.3) is 0 Å². The highest BCUT2D eigenvalue weighted by Gasteiger charge is 1.99. The molecule has 0 radical (unpaired) electrons. The van der Waals surface area contributed by atoms with Crippen molar-refractivity contribution >= 4 is 28.3 Å². The first-order valence-corrected chi connectivity index (χ1v) is 5.14. The lowest BCUT2D eigenvalue weighted by Gasteiger charge is -2.12. The van der Waals surface area contributed by atoms with Crippen LogP contribution in [0.5, 0.6) is 0 Å². The van der Waals surface area contributed by atoms with E-state index < -0.39 is 0 Å². The standard InChI is InChI=1S/C8H15NS2/c1-4-6-11-8(10)9-7(3)5-2/h4,7H,1,5-6H2,2-3H3,(H,9,10). The molecule has 11 heavy (non-hydrogen) atoms. The molecule has 0 aromatic heterocycles. The molecule has 0 aliphatic rings. The smallest absolute Gasteiger partial charge is 0.134 e. The molecular weight excluding hydrogens is 174 g/mol. The van der Waals surface area contributed by atoms with E-state index >= 15 is 0 Å². The summed E-state index contributed by atoms with van der Waals surface area (Å²) in [4.78, 5) is 0. The molecule has 64 valence electrons. The van der Waals surface area contributed by atoms with E-state index in [0.717, 1.165) is 16.5 Å². The van der Waals surface area contributed by atoms with Crippen molar-refractivity contribution in [3.05, 3.63) is 12.7 Å². The lowest BCUT2D eigenvalue weighted by molar-refractivity contribution is 0.651. The summed E-state index contributed by atoms with van der Waals surface area (Å²) in [5.41, 5.74) is 0. The summed E-state index contributed by atoms with van der Waals surface area (Å²) in [6.45, 7) is 7.89. The summed E-state index contributed by atoms with van der Waals surface area (Å²) in [6.07, 6.45) is 2.96. The van der Waals surface area contributed by atoms with E-state index in [4.69, 9.17) is 12.2 Å². The molecule has 0 aliphatic heterocycles. The average Bonchev–Trinajstić information content (AvgIpc) is 2.00. The fourth-order valence-corrected chi connectivity index (χ4v) is 1.44. The minimum absolute atomic E-state index is 0.486. The van der Waals surface area contributed by atoms with Crippen LogP contribution in [0.1, 0.15) is 20.3 Å². The highest BCUT2D eigenvalue weighted by Crippen LogP contribution is 2.03. The Morgan fingerprint density at radius 1 is 1.82 bits per heavy atom. The highest BCUT2D eigenvalue weighted by molar-refractivity contribution is 8.23. The first-order valence-electron chi connectivity index (χ1n) is 3.74. The van der Waals surface area contributed by atoms with Crippen molar-refractivity contribution in [2.45, 2.75) is 26.3 Å². The molecule has 0 bridgehead atoms. The van der Waals surface area contributed by atoms with Gasteiger partial charge in [-0.3, -0.25) is 0 Å². The molecule has 0 spiro atoms. The lowest BCUT2D eigenvalue weighted by Crippen LogP contribution is -2.28. The maximum Gasteiger partial charge on any atom is 0.134 e. The van der Waals surface area contributed by atoms with Crippen molar-refractivity contribution in [3.63, 3.8) is 0 Å². The third kappa shape index (κ3) is 6.38. The van der Waals surface area contributed by atoms with Crippen LogP contribution in [0.2, 0.25) is 0 Å². The van der Waals surface area contributed by atoms with Gasteiger partial charge in [0.15, 0.2) is 0 Å². The van der Waals surface area contributed by atoms with Gasteiger partial charge in [0.05, 0.1) is 0 Å². The number of hydrogen-bond donors (Lipinski definition) is 1. The van der Waals surface area contributed by atoms with Crippen molar-refractivity contribution in [1.82, 2.24) is 5.32 Å². The zero-order valence-corrected chi connectivity index (χ0v) is 8.73. The molecular formula is C8H15NS2. The molecule has 0 aromatic carbocycles. The summed E-state index contributed by atoms with van der Waals surface area (Å²) < 4.78 is 0.874. The van der Waals surface area contributed by atoms with Gasteiger partial charge in [-0.05, 0) is 13.3 Å². The Morgan fingerprint density at radius 2 is 2.45 bits per heavy atom. The Hall–Kier alpha value is -0.0200. The maximum atomic E-state index is 5.07. The van der Waals surface area contributed by atoms with Crippen LogP contribution in [0.25, 0.3) is 0 Å². The Kier molecular flexibility index (Phi) is 6.66. The Bertz CT molecular complexity index is 134. The predicted octanol–water partition coefficient (Wildman–Crippen LogP) is 2.58. The zero-order chi connectivity index (χ0) is 8.69. The zero-order valence-electron chi connectivity index (χ0n) is 7.09. The lowest BCUT2D eigenvalue weighted by atomic mass is 10.3. The van der Waals surface area contributed by atoms with Gasteiger partial charge in [-0.15, -0.1) is 6.58 Å². The first-order chi connectivity index (χ1) is 5.20. The van der Waals surface area contributed by atoms with E-state index in [1.54, 1.807) is 11.8 Å². The van der Waals surface area contributed by atoms with E-state index in [-0.39, 0.29) is 0 Å². The minimum atomic E-state index is 0.486. The van der Waals surface area contributed by atoms with Crippen molar-refractivity contribution < 1.29 is 0 Å². The molecule has 3 heteroatoms. The molecule has 1 N–H and O–H groups in total. The maximum absolute atomic E-state index is 5.07. The molecule has 1 nitrogen and oxygen atoms in total. The van der Waals surface area contributed by atoms with E-state index in [1.807, 2.05) is 6.08 Å². The van der Waals surface area contributed by atoms with E-state index in [0.29, 0.717) is 6.04 Å². The second-order valence-electron chi connectivity index (χ2n) is 2.34. The normalized spacial score (nSPS) is 12.2. The monoisotopic (exact) mass is 189 g/mol. The van der Waals surface area contributed by atoms with Crippen LogP contribution in [0, 0.1) is 0 Å². The van der Waals surface area contributed by atoms with E-state index in [1.165, 1.54) is 0 Å². The Labute approximate surface area is 78.6 Å². The number of thioether (sulfide) groups is 1. The van der Waals surface area contributed by atoms with Gasteiger partial charge in [-0.1, -0.05) is 37.0 Å². The van der Waals surface area contributed by atoms with Crippen molar-refractivity contribution in [2.24, 2.45) is 0 Å². The quantitative estimate of drug-likeness (QED) is 0.539. The van der Waals surface area contributed by atoms with Gasteiger partial charge >= 0.3 is 0 Å². The largest absolute Gasteiger partial charge is 0.369 e. The first kappa shape index (κ1) is 11.0. The Balaban J connectivity index is 3.43. The highest BCUT2D eigenvalue weighted by atomic mass is 32.2. The van der Waals surface area contributed by atoms with Gasteiger partial charge < -0.3 is 5.32 Å². The number of hydrogen-bond acceptors (Lipinski definition) is 2. The van der Waals surface area contributed by atoms with Crippen LogP contribution in [0.4, 0.5) is 0 Å².